The average Bonchev–Trinajstić information content (AvgIpc) is 2.56. The molecule has 0 aliphatic carbocycles. The molecule has 126 valence electrons. The van der Waals surface area contributed by atoms with Crippen LogP contribution in [0.15, 0.2) is 55.8 Å². The van der Waals surface area contributed by atoms with E-state index in [1.807, 2.05) is 24.4 Å². The summed E-state index contributed by atoms with van der Waals surface area (Å²) in [6, 6.07) is 8.07. The second kappa shape index (κ2) is 8.48. The summed E-state index contributed by atoms with van der Waals surface area (Å²) >= 11 is 12.4. The summed E-state index contributed by atoms with van der Waals surface area (Å²) in [5.41, 5.74) is 4.83. The van der Waals surface area contributed by atoms with Crippen LogP contribution in [0.2, 0.25) is 10.0 Å². The first kappa shape index (κ1) is 18.7. The normalized spacial score (nSPS) is 16.6. The molecule has 1 aliphatic rings. The van der Waals surface area contributed by atoms with Gasteiger partial charge in [-0.05, 0) is 48.9 Å². The molecule has 3 rings (SSSR count). The molecule has 1 atom stereocenters. The number of halogens is 2. The molecular weight excluding hydrogens is 339 g/mol. The Morgan fingerprint density at radius 2 is 1.88 bits per heavy atom. The highest BCUT2D eigenvalue weighted by atomic mass is 35.5. The van der Waals surface area contributed by atoms with Crippen LogP contribution >= 0.6 is 23.2 Å². The van der Waals surface area contributed by atoms with Crippen LogP contribution in [0.25, 0.3) is 0 Å². The zero-order valence-corrected chi connectivity index (χ0v) is 15.6. The zero-order chi connectivity index (χ0) is 17.7. The van der Waals surface area contributed by atoms with Crippen molar-refractivity contribution in [3.8, 4) is 0 Å². The number of fused-ring (bicyclic) bond motifs is 1. The van der Waals surface area contributed by atoms with Crippen molar-refractivity contribution in [3.05, 3.63) is 88.2 Å². The van der Waals surface area contributed by atoms with Gasteiger partial charge in [0, 0.05) is 25.2 Å². The van der Waals surface area contributed by atoms with Crippen LogP contribution in [0.3, 0.4) is 0 Å². The highest BCUT2D eigenvalue weighted by Crippen LogP contribution is 2.37. The fraction of sp³-hybridized carbons (Fsp3) is 0.250. The van der Waals surface area contributed by atoms with Gasteiger partial charge in [0.1, 0.15) is 0 Å². The van der Waals surface area contributed by atoms with Crippen LogP contribution in [0.1, 0.15) is 28.3 Å². The van der Waals surface area contributed by atoms with E-state index < -0.39 is 0 Å². The molecule has 0 saturated heterocycles. The van der Waals surface area contributed by atoms with Crippen molar-refractivity contribution in [2.45, 2.75) is 19.4 Å². The Morgan fingerprint density at radius 3 is 2.50 bits per heavy atom. The highest BCUT2D eigenvalue weighted by Gasteiger charge is 2.27. The molecule has 2 heterocycles. The van der Waals surface area contributed by atoms with E-state index in [0.29, 0.717) is 10.0 Å². The van der Waals surface area contributed by atoms with E-state index in [9.17, 15) is 0 Å². The maximum atomic E-state index is 6.21. The van der Waals surface area contributed by atoms with Crippen LogP contribution in [-0.2, 0) is 6.54 Å². The Kier molecular flexibility index (Phi) is 6.61. The molecule has 0 fully saturated rings. The Bertz CT molecular complexity index is 734. The van der Waals surface area contributed by atoms with Gasteiger partial charge in [-0.15, -0.1) is 0 Å². The number of hydrogen-bond donors (Lipinski definition) is 0. The Balaban J connectivity index is 0.000000471. The zero-order valence-electron chi connectivity index (χ0n) is 14.1. The van der Waals surface area contributed by atoms with E-state index in [1.54, 1.807) is 12.2 Å². The number of aryl methyl sites for hydroxylation is 1. The third kappa shape index (κ3) is 4.27. The molecule has 2 nitrogen and oxygen atoms in total. The van der Waals surface area contributed by atoms with E-state index >= 15 is 0 Å². The number of benzene rings is 1. The number of hydrogen-bond acceptors (Lipinski definition) is 2. The summed E-state index contributed by atoms with van der Waals surface area (Å²) in [5.74, 6) is 0.250. The van der Waals surface area contributed by atoms with Crippen molar-refractivity contribution in [2.24, 2.45) is 0 Å². The minimum Gasteiger partial charge on any atom is -0.301 e. The fourth-order valence-corrected chi connectivity index (χ4v) is 3.28. The van der Waals surface area contributed by atoms with E-state index in [4.69, 9.17) is 23.2 Å². The Hall–Kier alpha value is -1.61. The Morgan fingerprint density at radius 1 is 1.21 bits per heavy atom. The van der Waals surface area contributed by atoms with Gasteiger partial charge in [0.15, 0.2) is 0 Å². The molecule has 24 heavy (non-hydrogen) atoms. The first-order valence-corrected chi connectivity index (χ1v) is 8.54. The molecular formula is C20H22Cl2N2. The molecule has 1 aliphatic heterocycles. The van der Waals surface area contributed by atoms with Gasteiger partial charge < -0.3 is 4.90 Å². The second-order valence-electron chi connectivity index (χ2n) is 5.89. The van der Waals surface area contributed by atoms with Gasteiger partial charge in [-0.25, -0.2) is 0 Å². The number of rotatable bonds is 2. The SMILES string of the molecule is C=CC=C.Cc1cccnc1C1CN(C)Cc2cc(Cl)c(Cl)cc21. The highest BCUT2D eigenvalue weighted by molar-refractivity contribution is 6.42. The summed E-state index contributed by atoms with van der Waals surface area (Å²) < 4.78 is 0. The maximum absolute atomic E-state index is 6.21. The van der Waals surface area contributed by atoms with Gasteiger partial charge in [-0.1, -0.05) is 54.6 Å². The molecule has 2 aromatic rings. The lowest BCUT2D eigenvalue weighted by molar-refractivity contribution is 0.293. The summed E-state index contributed by atoms with van der Waals surface area (Å²) in [6.45, 7) is 10.7. The van der Waals surface area contributed by atoms with Gasteiger partial charge >= 0.3 is 0 Å². The molecule has 0 N–H and O–H groups in total. The molecule has 4 heteroatoms. The van der Waals surface area contributed by atoms with Crippen molar-refractivity contribution in [1.29, 1.82) is 0 Å². The summed E-state index contributed by atoms with van der Waals surface area (Å²) in [5, 5.41) is 1.24. The van der Waals surface area contributed by atoms with Crippen molar-refractivity contribution in [1.82, 2.24) is 9.88 Å². The van der Waals surface area contributed by atoms with Gasteiger partial charge in [0.2, 0.25) is 0 Å². The summed E-state index contributed by atoms with van der Waals surface area (Å²) in [6.07, 6.45) is 5.13. The molecule has 0 saturated carbocycles. The van der Waals surface area contributed by atoms with Gasteiger partial charge in [0.05, 0.1) is 15.7 Å². The standard InChI is InChI=1S/C16H16Cl2N2.C4H6/c1-10-4-3-5-19-16(10)13-9-20(2)8-11-6-14(17)15(18)7-12(11)13;1-3-4-2/h3-7,13H,8-9H2,1-2H3;3-4H,1-2H2. The molecule has 0 radical (unpaired) electrons. The predicted molar refractivity (Wildman–Crippen MR) is 104 cm³/mol. The first-order valence-electron chi connectivity index (χ1n) is 7.79. The van der Waals surface area contributed by atoms with E-state index in [2.05, 4.69) is 43.1 Å². The summed E-state index contributed by atoms with van der Waals surface area (Å²) in [7, 11) is 2.12. The lowest BCUT2D eigenvalue weighted by atomic mass is 9.86. The monoisotopic (exact) mass is 360 g/mol. The number of aromatic nitrogens is 1. The fourth-order valence-electron chi connectivity index (χ4n) is 2.93. The third-order valence-electron chi connectivity index (χ3n) is 4.04. The second-order valence-corrected chi connectivity index (χ2v) is 6.71. The topological polar surface area (TPSA) is 16.1 Å². The van der Waals surface area contributed by atoms with Crippen molar-refractivity contribution >= 4 is 23.2 Å². The quantitative estimate of drug-likeness (QED) is 0.644. The molecule has 1 unspecified atom stereocenters. The minimum absolute atomic E-state index is 0.250. The van der Waals surface area contributed by atoms with E-state index in [0.717, 1.165) is 18.8 Å². The van der Waals surface area contributed by atoms with Gasteiger partial charge in [-0.3, -0.25) is 4.98 Å². The van der Waals surface area contributed by atoms with Crippen molar-refractivity contribution < 1.29 is 0 Å². The largest absolute Gasteiger partial charge is 0.301 e. The van der Waals surface area contributed by atoms with Crippen LogP contribution in [-0.4, -0.2) is 23.5 Å². The average molecular weight is 361 g/mol. The third-order valence-corrected chi connectivity index (χ3v) is 4.76. The van der Waals surface area contributed by atoms with Gasteiger partial charge in [0.25, 0.3) is 0 Å². The minimum atomic E-state index is 0.250. The lowest BCUT2D eigenvalue weighted by Gasteiger charge is -2.33. The Labute approximate surface area is 154 Å². The molecule has 1 aromatic carbocycles. The van der Waals surface area contributed by atoms with Crippen LogP contribution in [0.4, 0.5) is 0 Å². The van der Waals surface area contributed by atoms with Crippen molar-refractivity contribution in [2.75, 3.05) is 13.6 Å². The van der Waals surface area contributed by atoms with Crippen LogP contribution in [0.5, 0.6) is 0 Å². The number of nitrogens with zero attached hydrogens (tertiary/aromatic N) is 2. The van der Waals surface area contributed by atoms with E-state index in [-0.39, 0.29) is 5.92 Å². The summed E-state index contributed by atoms with van der Waals surface area (Å²) in [4.78, 5) is 6.88. The first-order chi connectivity index (χ1) is 11.5. The predicted octanol–water partition coefficient (Wildman–Crippen LogP) is 5.63. The van der Waals surface area contributed by atoms with Crippen LogP contribution < -0.4 is 0 Å². The van der Waals surface area contributed by atoms with Gasteiger partial charge in [-0.2, -0.15) is 0 Å². The number of likely N-dealkylation sites (N-methyl/N-ethyl adjacent to an activating group) is 1. The molecule has 0 spiro atoms. The van der Waals surface area contributed by atoms with Crippen molar-refractivity contribution in [3.63, 3.8) is 0 Å². The lowest BCUT2D eigenvalue weighted by Crippen LogP contribution is -2.31. The van der Waals surface area contributed by atoms with E-state index in [1.165, 1.54) is 16.7 Å². The smallest absolute Gasteiger partial charge is 0.0595 e. The number of allylic oxidation sites excluding steroid dienone is 2. The maximum Gasteiger partial charge on any atom is 0.0595 e. The van der Waals surface area contributed by atoms with Crippen LogP contribution in [0, 0.1) is 6.92 Å². The molecule has 0 amide bonds. The molecule has 1 aromatic heterocycles. The number of pyridine rings is 1. The molecule has 0 bridgehead atoms.